The van der Waals surface area contributed by atoms with E-state index < -0.39 is 22.3 Å². The number of nitro groups is 1. The third-order valence-electron chi connectivity index (χ3n) is 2.67. The van der Waals surface area contributed by atoms with Crippen molar-refractivity contribution >= 4 is 17.3 Å². The van der Waals surface area contributed by atoms with Crippen LogP contribution in [-0.2, 0) is 0 Å². The Morgan fingerprint density at radius 3 is 2.80 bits per heavy atom. The van der Waals surface area contributed by atoms with E-state index in [1.807, 2.05) is 0 Å². The van der Waals surface area contributed by atoms with Gasteiger partial charge in [-0.25, -0.2) is 0 Å². The minimum absolute atomic E-state index is 0.00862. The summed E-state index contributed by atoms with van der Waals surface area (Å²) in [6.45, 7) is 1.76. The van der Waals surface area contributed by atoms with Crippen molar-refractivity contribution in [1.29, 1.82) is 0 Å². The summed E-state index contributed by atoms with van der Waals surface area (Å²) < 4.78 is 13.2. The van der Waals surface area contributed by atoms with E-state index in [4.69, 9.17) is 0 Å². The lowest BCUT2D eigenvalue weighted by molar-refractivity contribution is -0.387. The Hall–Kier alpha value is -2.83. The predicted molar refractivity (Wildman–Crippen MR) is 70.0 cm³/mol. The van der Waals surface area contributed by atoms with Gasteiger partial charge in [0.2, 0.25) is 5.82 Å². The van der Waals surface area contributed by atoms with E-state index in [1.54, 1.807) is 19.2 Å². The molecule has 6 nitrogen and oxygen atoms in total. The molecule has 2 rings (SSSR count). The van der Waals surface area contributed by atoms with Gasteiger partial charge >= 0.3 is 5.69 Å². The molecule has 0 saturated heterocycles. The molecule has 1 amide bonds. The highest BCUT2D eigenvalue weighted by Gasteiger charge is 2.17. The van der Waals surface area contributed by atoms with Gasteiger partial charge in [-0.1, -0.05) is 0 Å². The van der Waals surface area contributed by atoms with Gasteiger partial charge in [-0.15, -0.1) is 0 Å². The lowest BCUT2D eigenvalue weighted by atomic mass is 10.1. The molecule has 0 fully saturated rings. The standard InChI is InChI=1S/C13H10FN3O3/c1-8-7-15-5-4-11(8)16-13(18)9-2-3-10(14)12(6-9)17(19)20/h2-7H,1H3,(H,15,16,18). The molecule has 0 aliphatic rings. The van der Waals surface area contributed by atoms with Crippen LogP contribution >= 0.6 is 0 Å². The summed E-state index contributed by atoms with van der Waals surface area (Å²) in [5, 5.41) is 13.2. The van der Waals surface area contributed by atoms with E-state index in [0.717, 1.165) is 17.7 Å². The molecule has 0 unspecified atom stereocenters. The smallest absolute Gasteiger partial charge is 0.305 e. The minimum Gasteiger partial charge on any atom is -0.322 e. The number of hydrogen-bond acceptors (Lipinski definition) is 4. The van der Waals surface area contributed by atoms with Crippen LogP contribution in [0.1, 0.15) is 15.9 Å². The van der Waals surface area contributed by atoms with Crippen molar-refractivity contribution in [2.24, 2.45) is 0 Å². The number of amides is 1. The van der Waals surface area contributed by atoms with Crippen molar-refractivity contribution in [3.8, 4) is 0 Å². The van der Waals surface area contributed by atoms with E-state index in [0.29, 0.717) is 5.69 Å². The number of halogens is 1. The molecule has 0 saturated carbocycles. The lowest BCUT2D eigenvalue weighted by Gasteiger charge is -2.07. The number of aryl methyl sites for hydroxylation is 1. The molecule has 1 aromatic heterocycles. The summed E-state index contributed by atoms with van der Waals surface area (Å²) in [6.07, 6.45) is 3.08. The second-order valence-corrected chi connectivity index (χ2v) is 4.07. The predicted octanol–water partition coefficient (Wildman–Crippen LogP) is 2.69. The van der Waals surface area contributed by atoms with E-state index in [1.165, 1.54) is 12.3 Å². The molecule has 1 aromatic carbocycles. The number of carbonyl (C=O) groups excluding carboxylic acids is 1. The molecule has 0 radical (unpaired) electrons. The van der Waals surface area contributed by atoms with Crippen LogP contribution in [0.2, 0.25) is 0 Å². The number of nitrogens with zero attached hydrogens (tertiary/aromatic N) is 2. The average Bonchev–Trinajstić information content (AvgIpc) is 2.41. The van der Waals surface area contributed by atoms with Crippen LogP contribution in [0.5, 0.6) is 0 Å². The Morgan fingerprint density at radius 1 is 1.40 bits per heavy atom. The summed E-state index contributed by atoms with van der Waals surface area (Å²) in [7, 11) is 0. The molecule has 20 heavy (non-hydrogen) atoms. The van der Waals surface area contributed by atoms with Gasteiger partial charge in [0.05, 0.1) is 4.92 Å². The van der Waals surface area contributed by atoms with Crippen molar-refractivity contribution in [3.63, 3.8) is 0 Å². The number of hydrogen-bond donors (Lipinski definition) is 1. The summed E-state index contributed by atoms with van der Waals surface area (Å²) in [6, 6.07) is 4.59. The van der Waals surface area contributed by atoms with Crippen molar-refractivity contribution in [2.45, 2.75) is 6.92 Å². The van der Waals surface area contributed by atoms with E-state index >= 15 is 0 Å². The summed E-state index contributed by atoms with van der Waals surface area (Å²) >= 11 is 0. The normalized spacial score (nSPS) is 10.1. The zero-order chi connectivity index (χ0) is 14.7. The van der Waals surface area contributed by atoms with Gasteiger partial charge < -0.3 is 5.32 Å². The first-order valence-corrected chi connectivity index (χ1v) is 5.65. The van der Waals surface area contributed by atoms with E-state index in [9.17, 15) is 19.3 Å². The van der Waals surface area contributed by atoms with Crippen LogP contribution in [0.4, 0.5) is 15.8 Å². The molecular formula is C13H10FN3O3. The number of benzene rings is 1. The zero-order valence-corrected chi connectivity index (χ0v) is 10.5. The van der Waals surface area contributed by atoms with Gasteiger partial charge in [-0.3, -0.25) is 19.9 Å². The van der Waals surface area contributed by atoms with Crippen molar-refractivity contribution < 1.29 is 14.1 Å². The average molecular weight is 275 g/mol. The Morgan fingerprint density at radius 2 is 2.15 bits per heavy atom. The van der Waals surface area contributed by atoms with Crippen LogP contribution in [0, 0.1) is 22.9 Å². The van der Waals surface area contributed by atoms with Gasteiger partial charge in [-0.2, -0.15) is 4.39 Å². The maximum absolute atomic E-state index is 13.2. The Bertz CT molecular complexity index is 688. The van der Waals surface area contributed by atoms with Gasteiger partial charge in [0.1, 0.15) is 0 Å². The fraction of sp³-hybridized carbons (Fsp3) is 0.0769. The quantitative estimate of drug-likeness (QED) is 0.689. The molecule has 102 valence electrons. The highest BCUT2D eigenvalue weighted by atomic mass is 19.1. The zero-order valence-electron chi connectivity index (χ0n) is 10.5. The molecule has 0 aliphatic carbocycles. The summed E-state index contributed by atoms with van der Waals surface area (Å²) in [5.74, 6) is -1.53. The van der Waals surface area contributed by atoms with E-state index in [2.05, 4.69) is 10.3 Å². The highest BCUT2D eigenvalue weighted by Crippen LogP contribution is 2.20. The van der Waals surface area contributed by atoms with Gasteiger partial charge in [0, 0.05) is 29.7 Å². The highest BCUT2D eigenvalue weighted by molar-refractivity contribution is 6.04. The molecular weight excluding hydrogens is 265 g/mol. The molecule has 0 spiro atoms. The van der Waals surface area contributed by atoms with Crippen LogP contribution in [0.15, 0.2) is 36.7 Å². The van der Waals surface area contributed by atoms with Gasteiger partial charge in [0.25, 0.3) is 5.91 Å². The maximum atomic E-state index is 13.2. The van der Waals surface area contributed by atoms with Crippen LogP contribution in [-0.4, -0.2) is 15.8 Å². The molecule has 2 aromatic rings. The molecule has 1 heterocycles. The van der Waals surface area contributed by atoms with E-state index in [-0.39, 0.29) is 5.56 Å². The first kappa shape index (κ1) is 13.6. The Labute approximate surface area is 113 Å². The third-order valence-corrected chi connectivity index (χ3v) is 2.67. The lowest BCUT2D eigenvalue weighted by Crippen LogP contribution is -2.13. The Balaban J connectivity index is 2.28. The monoisotopic (exact) mass is 275 g/mol. The van der Waals surface area contributed by atoms with Crippen LogP contribution in [0.25, 0.3) is 0 Å². The second-order valence-electron chi connectivity index (χ2n) is 4.07. The fourth-order valence-electron chi connectivity index (χ4n) is 1.60. The first-order valence-electron chi connectivity index (χ1n) is 5.65. The summed E-state index contributed by atoms with van der Waals surface area (Å²) in [5.41, 5.74) is 0.563. The van der Waals surface area contributed by atoms with Crippen molar-refractivity contribution in [3.05, 3.63) is 63.7 Å². The number of carbonyl (C=O) groups is 1. The topological polar surface area (TPSA) is 85.1 Å². The van der Waals surface area contributed by atoms with Crippen molar-refractivity contribution in [2.75, 3.05) is 5.32 Å². The molecule has 0 aliphatic heterocycles. The van der Waals surface area contributed by atoms with Gasteiger partial charge in [0.15, 0.2) is 0 Å². The minimum atomic E-state index is -0.980. The number of pyridine rings is 1. The van der Waals surface area contributed by atoms with Crippen LogP contribution < -0.4 is 5.32 Å². The number of rotatable bonds is 3. The van der Waals surface area contributed by atoms with Crippen LogP contribution in [0.3, 0.4) is 0 Å². The maximum Gasteiger partial charge on any atom is 0.305 e. The number of nitro benzene ring substituents is 1. The second kappa shape index (κ2) is 5.43. The molecule has 0 bridgehead atoms. The van der Waals surface area contributed by atoms with Gasteiger partial charge in [-0.05, 0) is 30.7 Å². The largest absolute Gasteiger partial charge is 0.322 e. The van der Waals surface area contributed by atoms with Crippen molar-refractivity contribution in [1.82, 2.24) is 4.98 Å². The first-order chi connectivity index (χ1) is 9.49. The Kier molecular flexibility index (Phi) is 3.69. The molecule has 0 atom stereocenters. The third kappa shape index (κ3) is 2.77. The summed E-state index contributed by atoms with van der Waals surface area (Å²) in [4.78, 5) is 25.6. The number of nitrogens with one attached hydrogen (secondary N) is 1. The SMILES string of the molecule is Cc1cnccc1NC(=O)c1ccc(F)c([N+](=O)[O-])c1. The number of anilines is 1. The molecule has 7 heteroatoms. The number of aromatic nitrogens is 1. The molecule has 1 N–H and O–H groups in total. The fourth-order valence-corrected chi connectivity index (χ4v) is 1.60.